The third-order valence-corrected chi connectivity index (χ3v) is 5.24. The van der Waals surface area contributed by atoms with Crippen LogP contribution in [-0.4, -0.2) is 50.5 Å². The summed E-state index contributed by atoms with van der Waals surface area (Å²) in [5.74, 6) is 1.10. The van der Waals surface area contributed by atoms with Crippen molar-refractivity contribution >= 4 is 39.8 Å². The van der Waals surface area contributed by atoms with Gasteiger partial charge in [0.1, 0.15) is 0 Å². The number of guanidine groups is 1. The summed E-state index contributed by atoms with van der Waals surface area (Å²) >= 11 is 0. The molecule has 2 rings (SSSR count). The quantitative estimate of drug-likeness (QED) is 0.415. The van der Waals surface area contributed by atoms with Crippen LogP contribution in [0.25, 0.3) is 0 Å². The van der Waals surface area contributed by atoms with Crippen LogP contribution in [0.1, 0.15) is 17.7 Å². The average molecular weight is 438 g/mol. The minimum absolute atomic E-state index is 0. The maximum atomic E-state index is 11.4. The lowest BCUT2D eigenvalue weighted by atomic mass is 10.2. The van der Waals surface area contributed by atoms with Gasteiger partial charge in [0, 0.05) is 31.5 Å². The van der Waals surface area contributed by atoms with Crippen molar-refractivity contribution in [3.63, 3.8) is 0 Å². The molecule has 0 aromatic carbocycles. The highest BCUT2D eigenvalue weighted by Gasteiger charge is 2.28. The number of aliphatic imine (C=N–C) groups is 1. The zero-order valence-electron chi connectivity index (χ0n) is 12.9. The summed E-state index contributed by atoms with van der Waals surface area (Å²) in [5, 5.41) is 6.36. The van der Waals surface area contributed by atoms with Crippen LogP contribution in [0.2, 0.25) is 0 Å². The first-order valence-corrected chi connectivity index (χ1v) is 8.90. The normalized spacial score (nSPS) is 20.3. The number of aryl methyl sites for hydroxylation is 1. The Balaban J connectivity index is 0.00000242. The number of hydrogen-bond acceptors (Lipinski definition) is 4. The third kappa shape index (κ3) is 6.07. The van der Waals surface area contributed by atoms with Crippen molar-refractivity contribution in [2.45, 2.75) is 25.8 Å². The second-order valence-corrected chi connectivity index (χ2v) is 7.53. The van der Waals surface area contributed by atoms with Crippen LogP contribution in [0.3, 0.4) is 0 Å². The number of nitrogens with zero attached hydrogens (tertiary/aromatic N) is 2. The van der Waals surface area contributed by atoms with E-state index in [0.717, 1.165) is 24.2 Å². The molecule has 2 heterocycles. The molecule has 1 aromatic heterocycles. The molecule has 8 heteroatoms. The van der Waals surface area contributed by atoms with Crippen LogP contribution in [0, 0.1) is 6.92 Å². The van der Waals surface area contributed by atoms with Crippen LogP contribution < -0.4 is 10.6 Å². The van der Waals surface area contributed by atoms with Gasteiger partial charge in [-0.25, -0.2) is 8.42 Å². The molecular formula is C14H23IN4O2S. The van der Waals surface area contributed by atoms with Crippen molar-refractivity contribution in [1.82, 2.24) is 15.6 Å². The minimum Gasteiger partial charge on any atom is -0.356 e. The van der Waals surface area contributed by atoms with E-state index >= 15 is 0 Å². The van der Waals surface area contributed by atoms with Gasteiger partial charge in [-0.15, -0.1) is 24.0 Å². The second kappa shape index (κ2) is 8.66. The number of hydrogen-bond donors (Lipinski definition) is 2. The average Bonchev–Trinajstić information content (AvgIpc) is 2.79. The highest BCUT2D eigenvalue weighted by molar-refractivity contribution is 14.0. The van der Waals surface area contributed by atoms with Gasteiger partial charge in [-0.2, -0.15) is 0 Å². The third-order valence-electron chi connectivity index (χ3n) is 3.48. The second-order valence-electron chi connectivity index (χ2n) is 5.30. The Morgan fingerprint density at radius 3 is 2.77 bits per heavy atom. The molecular weight excluding hydrogens is 415 g/mol. The first kappa shape index (κ1) is 19.1. The minimum atomic E-state index is -2.87. The summed E-state index contributed by atoms with van der Waals surface area (Å²) in [6, 6.07) is 4.01. The monoisotopic (exact) mass is 438 g/mol. The van der Waals surface area contributed by atoms with Gasteiger partial charge in [-0.1, -0.05) is 6.07 Å². The fourth-order valence-corrected chi connectivity index (χ4v) is 3.94. The molecule has 2 N–H and O–H groups in total. The zero-order valence-corrected chi connectivity index (χ0v) is 16.0. The van der Waals surface area contributed by atoms with Crippen molar-refractivity contribution in [2.24, 2.45) is 4.99 Å². The Kier molecular flexibility index (Phi) is 7.54. The predicted octanol–water partition coefficient (Wildman–Crippen LogP) is 0.903. The van der Waals surface area contributed by atoms with Crippen molar-refractivity contribution in [1.29, 1.82) is 0 Å². The van der Waals surface area contributed by atoms with Crippen molar-refractivity contribution in [3.05, 3.63) is 29.6 Å². The van der Waals surface area contributed by atoms with E-state index in [4.69, 9.17) is 0 Å². The van der Waals surface area contributed by atoms with Gasteiger partial charge >= 0.3 is 0 Å². The first-order valence-electron chi connectivity index (χ1n) is 7.07. The van der Waals surface area contributed by atoms with Crippen molar-refractivity contribution < 1.29 is 8.42 Å². The fraction of sp³-hybridized carbons (Fsp3) is 0.571. The Morgan fingerprint density at radius 1 is 1.45 bits per heavy atom. The van der Waals surface area contributed by atoms with Crippen LogP contribution >= 0.6 is 24.0 Å². The first-order chi connectivity index (χ1) is 9.98. The SMILES string of the molecule is CN=C(NCCc1ccc(C)nc1)NC1CCS(=O)(=O)C1.I. The summed E-state index contributed by atoms with van der Waals surface area (Å²) in [4.78, 5) is 8.38. The smallest absolute Gasteiger partial charge is 0.191 e. The Hall–Kier alpha value is -0.900. The number of halogens is 1. The molecule has 124 valence electrons. The fourth-order valence-electron chi connectivity index (χ4n) is 2.27. The van der Waals surface area contributed by atoms with E-state index in [9.17, 15) is 8.42 Å². The van der Waals surface area contributed by atoms with Gasteiger partial charge in [-0.05, 0) is 31.4 Å². The highest BCUT2D eigenvalue weighted by Crippen LogP contribution is 2.10. The molecule has 1 saturated heterocycles. The summed E-state index contributed by atoms with van der Waals surface area (Å²) in [5.41, 5.74) is 2.17. The molecule has 6 nitrogen and oxygen atoms in total. The zero-order chi connectivity index (χ0) is 15.3. The van der Waals surface area contributed by atoms with Crippen LogP contribution in [0.5, 0.6) is 0 Å². The van der Waals surface area contributed by atoms with Gasteiger partial charge in [0.2, 0.25) is 0 Å². The summed E-state index contributed by atoms with van der Waals surface area (Å²) in [7, 11) is -1.18. The largest absolute Gasteiger partial charge is 0.356 e. The molecule has 0 aliphatic carbocycles. The van der Waals surface area contributed by atoms with Crippen molar-refractivity contribution in [2.75, 3.05) is 25.1 Å². The van der Waals surface area contributed by atoms with E-state index in [1.165, 1.54) is 0 Å². The molecule has 0 saturated carbocycles. The van der Waals surface area contributed by atoms with E-state index in [1.54, 1.807) is 7.05 Å². The number of rotatable bonds is 4. The molecule has 0 amide bonds. The molecule has 0 bridgehead atoms. The van der Waals surface area contributed by atoms with Crippen LogP contribution in [0.4, 0.5) is 0 Å². The van der Waals surface area contributed by atoms with Crippen LogP contribution in [-0.2, 0) is 16.3 Å². The van der Waals surface area contributed by atoms with Crippen molar-refractivity contribution in [3.8, 4) is 0 Å². The predicted molar refractivity (Wildman–Crippen MR) is 99.6 cm³/mol. The standard InChI is InChI=1S/C14H22N4O2S.HI/c1-11-3-4-12(9-17-11)5-7-16-14(15-2)18-13-6-8-21(19,20)10-13;/h3-4,9,13H,5-8,10H2,1-2H3,(H2,15,16,18);1H. The highest BCUT2D eigenvalue weighted by atomic mass is 127. The molecule has 22 heavy (non-hydrogen) atoms. The summed E-state index contributed by atoms with van der Waals surface area (Å²) in [6.07, 6.45) is 3.36. The topological polar surface area (TPSA) is 83.4 Å². The summed E-state index contributed by atoms with van der Waals surface area (Å²) < 4.78 is 22.9. The summed E-state index contributed by atoms with van der Waals surface area (Å²) in [6.45, 7) is 2.69. The van der Waals surface area contributed by atoms with E-state index in [2.05, 4.69) is 26.7 Å². The van der Waals surface area contributed by atoms with Crippen LogP contribution in [0.15, 0.2) is 23.3 Å². The molecule has 1 aliphatic heterocycles. The van der Waals surface area contributed by atoms with E-state index in [1.807, 2.05) is 19.2 Å². The van der Waals surface area contributed by atoms with Gasteiger partial charge in [0.15, 0.2) is 15.8 Å². The number of nitrogens with one attached hydrogen (secondary N) is 2. The Morgan fingerprint density at radius 2 is 2.23 bits per heavy atom. The lowest BCUT2D eigenvalue weighted by Crippen LogP contribution is -2.44. The molecule has 1 unspecified atom stereocenters. The molecule has 1 atom stereocenters. The number of aromatic nitrogens is 1. The van der Waals surface area contributed by atoms with E-state index in [0.29, 0.717) is 12.4 Å². The maximum Gasteiger partial charge on any atom is 0.191 e. The lowest BCUT2D eigenvalue weighted by Gasteiger charge is -2.16. The molecule has 1 aromatic rings. The molecule has 0 radical (unpaired) electrons. The lowest BCUT2D eigenvalue weighted by molar-refractivity contribution is 0.599. The number of pyridine rings is 1. The molecule has 1 aliphatic rings. The number of sulfone groups is 1. The molecule has 1 fully saturated rings. The van der Waals surface area contributed by atoms with Gasteiger partial charge in [0.25, 0.3) is 0 Å². The van der Waals surface area contributed by atoms with E-state index < -0.39 is 9.84 Å². The van der Waals surface area contributed by atoms with Gasteiger partial charge < -0.3 is 10.6 Å². The van der Waals surface area contributed by atoms with E-state index in [-0.39, 0.29) is 41.5 Å². The van der Waals surface area contributed by atoms with Gasteiger partial charge in [-0.3, -0.25) is 9.98 Å². The maximum absolute atomic E-state index is 11.4. The van der Waals surface area contributed by atoms with Gasteiger partial charge in [0.05, 0.1) is 11.5 Å². The Bertz CT molecular complexity index is 602. The Labute approximate surface area is 149 Å². The molecule has 0 spiro atoms.